The molecular formula is C11H11N3O3S3. The normalized spacial score (nSPS) is 17.1. The van der Waals surface area contributed by atoms with E-state index in [9.17, 15) is 9.59 Å². The van der Waals surface area contributed by atoms with Gasteiger partial charge in [-0.25, -0.2) is 4.98 Å². The number of thiocarbonyl (C=S) groups is 1. The van der Waals surface area contributed by atoms with E-state index in [1.165, 1.54) is 11.3 Å². The van der Waals surface area contributed by atoms with Crippen molar-refractivity contribution in [3.8, 4) is 0 Å². The minimum Gasteiger partial charge on any atom is -0.480 e. The summed E-state index contributed by atoms with van der Waals surface area (Å²) in [6.45, 7) is 2.33. The minimum atomic E-state index is -1.09. The zero-order valence-electron chi connectivity index (χ0n) is 10.5. The molecule has 106 valence electrons. The number of thiazole rings is 1. The molecule has 0 aliphatic carbocycles. The maximum atomic E-state index is 12.0. The fraction of sp³-hybridized carbons (Fsp3) is 0.273. The van der Waals surface area contributed by atoms with E-state index in [-0.39, 0.29) is 10.2 Å². The molecule has 2 rings (SSSR count). The number of amides is 1. The van der Waals surface area contributed by atoms with Crippen molar-refractivity contribution >= 4 is 62.7 Å². The third-order valence-electron chi connectivity index (χ3n) is 2.30. The Morgan fingerprint density at radius 3 is 3.05 bits per heavy atom. The van der Waals surface area contributed by atoms with E-state index in [1.54, 1.807) is 6.08 Å². The number of aliphatic carboxylic acids is 1. The van der Waals surface area contributed by atoms with Crippen LogP contribution in [0.4, 0.5) is 5.13 Å². The lowest BCUT2D eigenvalue weighted by Gasteiger charge is -2.09. The summed E-state index contributed by atoms with van der Waals surface area (Å²) in [4.78, 5) is 28.5. The fourth-order valence-electron chi connectivity index (χ4n) is 1.49. The number of carboxylic acids is 1. The molecule has 2 N–H and O–H groups in total. The average molecular weight is 329 g/mol. The molecule has 2 heterocycles. The van der Waals surface area contributed by atoms with Crippen LogP contribution in [0, 0.1) is 0 Å². The second kappa shape index (κ2) is 6.33. The van der Waals surface area contributed by atoms with Gasteiger partial charge in [-0.2, -0.15) is 0 Å². The van der Waals surface area contributed by atoms with E-state index in [0.717, 1.165) is 28.3 Å². The van der Waals surface area contributed by atoms with Crippen LogP contribution in [0.25, 0.3) is 6.08 Å². The lowest BCUT2D eigenvalue weighted by molar-refractivity contribution is -0.140. The van der Waals surface area contributed by atoms with E-state index in [0.29, 0.717) is 10.6 Å². The van der Waals surface area contributed by atoms with Crippen molar-refractivity contribution < 1.29 is 14.7 Å². The summed E-state index contributed by atoms with van der Waals surface area (Å²) in [5.41, 5.74) is 0.654. The molecule has 0 spiro atoms. The van der Waals surface area contributed by atoms with Crippen molar-refractivity contribution in [2.45, 2.75) is 6.92 Å². The van der Waals surface area contributed by atoms with Crippen LogP contribution in [-0.2, 0) is 9.59 Å². The minimum absolute atomic E-state index is 0.255. The molecule has 9 heteroatoms. The zero-order valence-corrected chi connectivity index (χ0v) is 12.9. The van der Waals surface area contributed by atoms with E-state index in [1.807, 2.05) is 12.3 Å². The lowest BCUT2D eigenvalue weighted by atomic mass is 10.3. The maximum absolute atomic E-state index is 12.0. The Bertz CT molecular complexity index is 597. The average Bonchev–Trinajstić information content (AvgIpc) is 2.91. The van der Waals surface area contributed by atoms with E-state index in [2.05, 4.69) is 10.3 Å². The van der Waals surface area contributed by atoms with Gasteiger partial charge >= 0.3 is 5.97 Å². The molecule has 1 aromatic rings. The van der Waals surface area contributed by atoms with Gasteiger partial charge in [-0.05, 0) is 13.0 Å². The topological polar surface area (TPSA) is 82.5 Å². The molecule has 0 unspecified atom stereocenters. The molecule has 0 bridgehead atoms. The lowest BCUT2D eigenvalue weighted by Crippen LogP contribution is -2.33. The third kappa shape index (κ3) is 3.35. The van der Waals surface area contributed by atoms with Gasteiger partial charge in [0.15, 0.2) is 5.13 Å². The second-order valence-electron chi connectivity index (χ2n) is 3.77. The first-order chi connectivity index (χ1) is 9.51. The van der Waals surface area contributed by atoms with Crippen LogP contribution in [0.2, 0.25) is 0 Å². The largest absolute Gasteiger partial charge is 0.480 e. The van der Waals surface area contributed by atoms with Crippen LogP contribution >= 0.6 is 35.3 Å². The molecule has 1 aliphatic rings. The number of anilines is 1. The summed E-state index contributed by atoms with van der Waals surface area (Å²) in [5.74, 6) is -1.48. The van der Waals surface area contributed by atoms with Crippen LogP contribution in [0.5, 0.6) is 0 Å². The Morgan fingerprint density at radius 2 is 2.40 bits per heavy atom. The number of aromatic nitrogens is 1. The van der Waals surface area contributed by atoms with Gasteiger partial charge < -0.3 is 10.4 Å². The number of hydrogen-bond acceptors (Lipinski definition) is 7. The Kier molecular flexibility index (Phi) is 4.73. The third-order valence-corrected chi connectivity index (χ3v) is 4.49. The van der Waals surface area contributed by atoms with Crippen molar-refractivity contribution in [3.05, 3.63) is 16.0 Å². The molecule has 0 saturated carbocycles. The predicted octanol–water partition coefficient (Wildman–Crippen LogP) is 1.86. The standard InChI is InChI=1S/C11H11N3O3S3/c1-2-12-10-13-6(5-19-10)3-7-9(17)14(4-8(15)16)11(18)20-7/h3,5H,2,4H2,1H3,(H,12,13)(H,15,16)/b7-3-. The molecule has 0 radical (unpaired) electrons. The monoisotopic (exact) mass is 329 g/mol. The Hall–Kier alpha value is -1.45. The maximum Gasteiger partial charge on any atom is 0.323 e. The summed E-state index contributed by atoms with van der Waals surface area (Å²) < 4.78 is 0.255. The van der Waals surface area contributed by atoms with Crippen LogP contribution < -0.4 is 5.32 Å². The highest BCUT2D eigenvalue weighted by Gasteiger charge is 2.33. The highest BCUT2D eigenvalue weighted by molar-refractivity contribution is 8.26. The van der Waals surface area contributed by atoms with Crippen molar-refractivity contribution in [2.75, 3.05) is 18.4 Å². The van der Waals surface area contributed by atoms with Crippen molar-refractivity contribution in [1.29, 1.82) is 0 Å². The molecule has 6 nitrogen and oxygen atoms in total. The number of hydrogen-bond donors (Lipinski definition) is 2. The number of carboxylic acid groups (broad SMARTS) is 1. The zero-order chi connectivity index (χ0) is 14.7. The molecular weight excluding hydrogens is 318 g/mol. The SMILES string of the molecule is CCNc1nc(/C=C2\SC(=S)N(CC(=O)O)C2=O)cs1. The first-order valence-corrected chi connectivity index (χ1v) is 7.78. The van der Waals surface area contributed by atoms with E-state index < -0.39 is 12.5 Å². The second-order valence-corrected chi connectivity index (χ2v) is 6.30. The summed E-state index contributed by atoms with van der Waals surface area (Å²) in [7, 11) is 0. The fourth-order valence-corrected chi connectivity index (χ4v) is 3.47. The first kappa shape index (κ1) is 14.9. The van der Waals surface area contributed by atoms with E-state index >= 15 is 0 Å². The number of rotatable bonds is 5. The quantitative estimate of drug-likeness (QED) is 0.630. The van der Waals surface area contributed by atoms with Crippen LogP contribution in [0.3, 0.4) is 0 Å². The van der Waals surface area contributed by atoms with Gasteiger partial charge in [0, 0.05) is 11.9 Å². The predicted molar refractivity (Wildman–Crippen MR) is 83.8 cm³/mol. The highest BCUT2D eigenvalue weighted by Crippen LogP contribution is 2.32. The van der Waals surface area contributed by atoms with Crippen LogP contribution in [0.1, 0.15) is 12.6 Å². The number of thioether (sulfide) groups is 1. The molecule has 1 amide bonds. The van der Waals surface area contributed by atoms with Crippen molar-refractivity contribution in [3.63, 3.8) is 0 Å². The van der Waals surface area contributed by atoms with Crippen LogP contribution in [-0.4, -0.2) is 44.3 Å². The van der Waals surface area contributed by atoms with Gasteiger partial charge in [-0.3, -0.25) is 14.5 Å². The smallest absolute Gasteiger partial charge is 0.323 e. The van der Waals surface area contributed by atoms with Crippen molar-refractivity contribution in [2.24, 2.45) is 0 Å². The van der Waals surface area contributed by atoms with Gasteiger partial charge in [0.2, 0.25) is 0 Å². The summed E-state index contributed by atoms with van der Waals surface area (Å²) in [5, 5.41) is 14.4. The number of carbonyl (C=O) groups excluding carboxylic acids is 1. The highest BCUT2D eigenvalue weighted by atomic mass is 32.2. The van der Waals surface area contributed by atoms with Gasteiger partial charge in [-0.1, -0.05) is 24.0 Å². The Morgan fingerprint density at radius 1 is 1.65 bits per heavy atom. The van der Waals surface area contributed by atoms with Crippen molar-refractivity contribution in [1.82, 2.24) is 9.88 Å². The summed E-state index contributed by atoms with van der Waals surface area (Å²) >= 11 is 7.54. The molecule has 20 heavy (non-hydrogen) atoms. The molecule has 1 fully saturated rings. The summed E-state index contributed by atoms with van der Waals surface area (Å²) in [6.07, 6.45) is 1.62. The van der Waals surface area contributed by atoms with Gasteiger partial charge in [-0.15, -0.1) is 11.3 Å². The Balaban J connectivity index is 2.16. The van der Waals surface area contributed by atoms with Gasteiger partial charge in [0.1, 0.15) is 10.9 Å². The number of carbonyl (C=O) groups is 2. The first-order valence-electron chi connectivity index (χ1n) is 5.67. The molecule has 0 aromatic carbocycles. The number of nitrogens with zero attached hydrogens (tertiary/aromatic N) is 2. The van der Waals surface area contributed by atoms with Gasteiger partial charge in [0.25, 0.3) is 5.91 Å². The van der Waals surface area contributed by atoms with Crippen LogP contribution in [0.15, 0.2) is 10.3 Å². The number of nitrogens with one attached hydrogen (secondary N) is 1. The Labute approximate surface area is 128 Å². The van der Waals surface area contributed by atoms with E-state index in [4.69, 9.17) is 17.3 Å². The molecule has 0 atom stereocenters. The molecule has 1 aromatic heterocycles. The summed E-state index contributed by atoms with van der Waals surface area (Å²) in [6, 6.07) is 0. The van der Waals surface area contributed by atoms with Gasteiger partial charge in [0.05, 0.1) is 10.6 Å². The molecule has 1 saturated heterocycles. The molecule has 1 aliphatic heterocycles.